The Labute approximate surface area is 111 Å². The van der Waals surface area contributed by atoms with E-state index in [0.717, 1.165) is 61.3 Å². The molecule has 1 aliphatic rings. The van der Waals surface area contributed by atoms with Gasteiger partial charge in [0.2, 0.25) is 0 Å². The minimum Gasteiger partial charge on any atom is -0.383 e. The highest BCUT2D eigenvalue weighted by atomic mass is 32.1. The topological polar surface area (TPSA) is 75.2 Å². The molecule has 2 heterocycles. The molecule has 0 aromatic carbocycles. The summed E-state index contributed by atoms with van der Waals surface area (Å²) in [6.07, 6.45) is 1.93. The van der Waals surface area contributed by atoms with Crippen molar-refractivity contribution in [3.05, 3.63) is 15.6 Å². The van der Waals surface area contributed by atoms with Crippen molar-refractivity contribution in [1.29, 1.82) is 5.41 Å². The summed E-state index contributed by atoms with van der Waals surface area (Å²) in [5.74, 6) is 0.143. The van der Waals surface area contributed by atoms with Crippen molar-refractivity contribution >= 4 is 17.2 Å². The molecule has 1 aromatic heterocycles. The van der Waals surface area contributed by atoms with Crippen LogP contribution >= 0.6 is 11.3 Å². The average Bonchev–Trinajstić information content (AvgIpc) is 2.74. The smallest absolute Gasteiger partial charge is 0.135 e. The van der Waals surface area contributed by atoms with Gasteiger partial charge in [-0.15, -0.1) is 11.3 Å². The Kier molecular flexibility index (Phi) is 4.68. The maximum atomic E-state index is 7.60. The first-order valence-corrected chi connectivity index (χ1v) is 7.15. The second-order valence-electron chi connectivity index (χ2n) is 4.44. The summed E-state index contributed by atoms with van der Waals surface area (Å²) in [6, 6.07) is 0. The van der Waals surface area contributed by atoms with E-state index in [4.69, 9.17) is 15.9 Å². The number of ether oxygens (including phenoxy) is 1. The SMILES string of the molecule is CCCc1nc(CN2CCOCC2)sc1C(=N)N. The molecule has 2 rings (SSSR count). The fraction of sp³-hybridized carbons (Fsp3) is 0.667. The molecule has 1 saturated heterocycles. The molecule has 0 atom stereocenters. The lowest BCUT2D eigenvalue weighted by Gasteiger charge is -2.25. The molecule has 100 valence electrons. The number of nitrogens with two attached hydrogens (primary N) is 1. The first kappa shape index (κ1) is 13.5. The van der Waals surface area contributed by atoms with Crippen LogP contribution in [-0.4, -0.2) is 42.0 Å². The van der Waals surface area contributed by atoms with E-state index in [1.54, 1.807) is 11.3 Å². The van der Waals surface area contributed by atoms with Crippen molar-refractivity contribution in [3.63, 3.8) is 0 Å². The Morgan fingerprint density at radius 2 is 2.22 bits per heavy atom. The summed E-state index contributed by atoms with van der Waals surface area (Å²) in [5, 5.41) is 8.66. The van der Waals surface area contributed by atoms with Crippen LogP contribution in [0.15, 0.2) is 0 Å². The summed E-state index contributed by atoms with van der Waals surface area (Å²) >= 11 is 1.56. The summed E-state index contributed by atoms with van der Waals surface area (Å²) in [4.78, 5) is 7.81. The van der Waals surface area contributed by atoms with Crippen LogP contribution in [0.4, 0.5) is 0 Å². The second-order valence-corrected chi connectivity index (χ2v) is 5.52. The van der Waals surface area contributed by atoms with E-state index >= 15 is 0 Å². The zero-order valence-corrected chi connectivity index (χ0v) is 11.6. The van der Waals surface area contributed by atoms with Crippen LogP contribution in [0.2, 0.25) is 0 Å². The third-order valence-corrected chi connectivity index (χ3v) is 4.05. The van der Waals surface area contributed by atoms with Crippen molar-refractivity contribution in [2.75, 3.05) is 26.3 Å². The molecule has 1 aliphatic heterocycles. The van der Waals surface area contributed by atoms with Gasteiger partial charge in [-0.2, -0.15) is 0 Å². The van der Waals surface area contributed by atoms with Crippen LogP contribution in [0.3, 0.4) is 0 Å². The molecule has 18 heavy (non-hydrogen) atoms. The van der Waals surface area contributed by atoms with E-state index in [0.29, 0.717) is 0 Å². The lowest BCUT2D eigenvalue weighted by molar-refractivity contribution is 0.0341. The van der Waals surface area contributed by atoms with Crippen molar-refractivity contribution < 1.29 is 4.74 Å². The maximum Gasteiger partial charge on any atom is 0.135 e. The number of rotatable bonds is 5. The van der Waals surface area contributed by atoms with Gasteiger partial charge in [0.05, 0.1) is 30.3 Å². The highest BCUT2D eigenvalue weighted by Gasteiger charge is 2.16. The maximum absolute atomic E-state index is 7.60. The van der Waals surface area contributed by atoms with Crippen LogP contribution in [0, 0.1) is 5.41 Å². The number of morpholine rings is 1. The summed E-state index contributed by atoms with van der Waals surface area (Å²) in [7, 11) is 0. The first-order valence-electron chi connectivity index (χ1n) is 6.33. The van der Waals surface area contributed by atoms with Gasteiger partial charge in [-0.1, -0.05) is 13.3 Å². The van der Waals surface area contributed by atoms with Crippen LogP contribution < -0.4 is 5.73 Å². The molecule has 0 radical (unpaired) electrons. The van der Waals surface area contributed by atoms with Gasteiger partial charge >= 0.3 is 0 Å². The van der Waals surface area contributed by atoms with E-state index in [9.17, 15) is 0 Å². The second kappa shape index (κ2) is 6.26. The van der Waals surface area contributed by atoms with Gasteiger partial charge in [-0.05, 0) is 6.42 Å². The van der Waals surface area contributed by atoms with Gasteiger partial charge < -0.3 is 10.5 Å². The number of hydrogen-bond acceptors (Lipinski definition) is 5. The lowest BCUT2D eigenvalue weighted by Crippen LogP contribution is -2.35. The number of nitrogens with one attached hydrogen (secondary N) is 1. The minimum absolute atomic E-state index is 0.143. The van der Waals surface area contributed by atoms with Crippen LogP contribution in [0.1, 0.15) is 28.9 Å². The summed E-state index contributed by atoms with van der Waals surface area (Å²) in [5.41, 5.74) is 6.60. The Morgan fingerprint density at radius 3 is 2.83 bits per heavy atom. The molecule has 0 unspecified atom stereocenters. The molecule has 0 saturated carbocycles. The zero-order valence-electron chi connectivity index (χ0n) is 10.7. The van der Waals surface area contributed by atoms with E-state index in [2.05, 4.69) is 16.8 Å². The fourth-order valence-corrected chi connectivity index (χ4v) is 3.05. The normalized spacial score (nSPS) is 16.9. The van der Waals surface area contributed by atoms with Gasteiger partial charge in [0.1, 0.15) is 10.8 Å². The largest absolute Gasteiger partial charge is 0.383 e. The van der Waals surface area contributed by atoms with Gasteiger partial charge in [-0.25, -0.2) is 4.98 Å². The van der Waals surface area contributed by atoms with Crippen LogP contribution in [0.25, 0.3) is 0 Å². The van der Waals surface area contributed by atoms with Crippen LogP contribution in [-0.2, 0) is 17.7 Å². The van der Waals surface area contributed by atoms with Crippen molar-refractivity contribution in [1.82, 2.24) is 9.88 Å². The molecule has 1 fully saturated rings. The Bertz CT molecular complexity index is 412. The third kappa shape index (κ3) is 3.28. The van der Waals surface area contributed by atoms with E-state index in [1.165, 1.54) is 0 Å². The van der Waals surface area contributed by atoms with Crippen molar-refractivity contribution in [2.45, 2.75) is 26.3 Å². The van der Waals surface area contributed by atoms with E-state index < -0.39 is 0 Å². The average molecular weight is 268 g/mol. The lowest BCUT2D eigenvalue weighted by atomic mass is 10.2. The molecular formula is C12H20N4OS. The molecular weight excluding hydrogens is 248 g/mol. The molecule has 0 spiro atoms. The Morgan fingerprint density at radius 1 is 1.50 bits per heavy atom. The Balaban J connectivity index is 2.07. The highest BCUT2D eigenvalue weighted by Crippen LogP contribution is 2.21. The monoisotopic (exact) mass is 268 g/mol. The Hall–Kier alpha value is -0.980. The molecule has 5 nitrogen and oxygen atoms in total. The predicted molar refractivity (Wildman–Crippen MR) is 73.2 cm³/mol. The number of nitrogen functional groups attached to an aromatic ring is 1. The molecule has 0 aliphatic carbocycles. The quantitative estimate of drug-likeness (QED) is 0.622. The zero-order chi connectivity index (χ0) is 13.0. The fourth-order valence-electron chi connectivity index (χ4n) is 2.04. The number of thiazole rings is 1. The van der Waals surface area contributed by atoms with Gasteiger partial charge in [0, 0.05) is 13.1 Å². The first-order chi connectivity index (χ1) is 8.70. The van der Waals surface area contributed by atoms with Gasteiger partial charge in [0.15, 0.2) is 0 Å². The highest BCUT2D eigenvalue weighted by molar-refractivity contribution is 7.13. The minimum atomic E-state index is 0.143. The number of aryl methyl sites for hydroxylation is 1. The van der Waals surface area contributed by atoms with E-state index in [-0.39, 0.29) is 5.84 Å². The van der Waals surface area contributed by atoms with Gasteiger partial charge in [0.25, 0.3) is 0 Å². The number of hydrogen-bond donors (Lipinski definition) is 2. The predicted octanol–water partition coefficient (Wildman–Crippen LogP) is 1.21. The van der Waals surface area contributed by atoms with Crippen molar-refractivity contribution in [2.24, 2.45) is 5.73 Å². The molecule has 3 N–H and O–H groups in total. The number of amidine groups is 1. The molecule has 6 heteroatoms. The number of nitrogens with zero attached hydrogens (tertiary/aromatic N) is 2. The van der Waals surface area contributed by atoms with Gasteiger partial charge in [-0.3, -0.25) is 10.3 Å². The van der Waals surface area contributed by atoms with E-state index in [1.807, 2.05) is 0 Å². The third-order valence-electron chi connectivity index (χ3n) is 2.94. The summed E-state index contributed by atoms with van der Waals surface area (Å²) < 4.78 is 5.33. The summed E-state index contributed by atoms with van der Waals surface area (Å²) in [6.45, 7) is 6.47. The van der Waals surface area contributed by atoms with Crippen molar-refractivity contribution in [3.8, 4) is 0 Å². The molecule has 0 bridgehead atoms. The molecule has 0 amide bonds. The molecule has 1 aromatic rings. The standard InChI is InChI=1S/C12H20N4OS/c1-2-3-9-11(12(13)14)18-10(15-9)8-16-4-6-17-7-5-16/h2-8H2,1H3,(H3,13,14). The number of aromatic nitrogens is 1. The van der Waals surface area contributed by atoms with Crippen LogP contribution in [0.5, 0.6) is 0 Å².